The first-order chi connectivity index (χ1) is 18.7. The quantitative estimate of drug-likeness (QED) is 0.208. The summed E-state index contributed by atoms with van der Waals surface area (Å²) in [5.74, 6) is 0.0608. The number of hydrogen-bond acceptors (Lipinski definition) is 6. The van der Waals surface area contributed by atoms with Crippen molar-refractivity contribution in [2.24, 2.45) is 5.10 Å². The Morgan fingerprint density at radius 2 is 1.92 bits per heavy atom. The minimum absolute atomic E-state index is 0.0556. The Morgan fingerprint density at radius 3 is 2.64 bits per heavy atom. The predicted octanol–water partition coefficient (Wildman–Crippen LogP) is 6.48. The molecule has 0 aliphatic heterocycles. The molecule has 0 aliphatic carbocycles. The van der Waals surface area contributed by atoms with E-state index < -0.39 is 11.7 Å². The third-order valence-electron chi connectivity index (χ3n) is 5.50. The number of para-hydroxylation sites is 1. The second-order valence-electron chi connectivity index (χ2n) is 8.73. The molecule has 4 aromatic rings. The third kappa shape index (κ3) is 6.72. The Kier molecular flexibility index (Phi) is 9.13. The van der Waals surface area contributed by atoms with Gasteiger partial charge in [0.2, 0.25) is 0 Å². The first-order valence-electron chi connectivity index (χ1n) is 12.1. The monoisotopic (exact) mass is 658 g/mol. The van der Waals surface area contributed by atoms with E-state index >= 15 is 0 Å². The van der Waals surface area contributed by atoms with Crippen LogP contribution in [0.4, 0.5) is 10.1 Å². The van der Waals surface area contributed by atoms with Gasteiger partial charge in [-0.15, -0.1) is 0 Å². The van der Waals surface area contributed by atoms with Gasteiger partial charge in [-0.25, -0.2) is 9.37 Å². The second kappa shape index (κ2) is 12.5. The fourth-order valence-corrected chi connectivity index (χ4v) is 4.66. The summed E-state index contributed by atoms with van der Waals surface area (Å²) in [6.07, 6.45) is 1.53. The van der Waals surface area contributed by atoms with E-state index in [0.717, 1.165) is 4.47 Å². The van der Waals surface area contributed by atoms with Crippen molar-refractivity contribution < 1.29 is 18.7 Å². The van der Waals surface area contributed by atoms with E-state index in [0.29, 0.717) is 44.9 Å². The minimum atomic E-state index is -0.542. The molecule has 0 aliphatic rings. The average Bonchev–Trinajstić information content (AvgIpc) is 2.89. The number of ether oxygens (including phenoxy) is 2. The summed E-state index contributed by atoms with van der Waals surface area (Å²) in [5, 5.41) is 7.39. The largest absolute Gasteiger partial charge is 0.490 e. The highest BCUT2D eigenvalue weighted by atomic mass is 79.9. The normalized spacial score (nSPS) is 11.4. The van der Waals surface area contributed by atoms with E-state index in [1.165, 1.54) is 29.1 Å². The van der Waals surface area contributed by atoms with Crippen molar-refractivity contribution >= 4 is 60.6 Å². The highest BCUT2D eigenvalue weighted by molar-refractivity contribution is 9.10. The molecule has 4 rings (SSSR count). The van der Waals surface area contributed by atoms with Crippen molar-refractivity contribution in [3.05, 3.63) is 91.1 Å². The van der Waals surface area contributed by atoms with E-state index in [1.54, 1.807) is 30.3 Å². The summed E-state index contributed by atoms with van der Waals surface area (Å²) in [5.41, 5.74) is 0.990. The van der Waals surface area contributed by atoms with Gasteiger partial charge in [-0.05, 0) is 70.9 Å². The lowest BCUT2D eigenvalue weighted by Gasteiger charge is -2.15. The number of halogens is 3. The fraction of sp³-hybridized carbons (Fsp3) is 0.214. The van der Waals surface area contributed by atoms with Crippen molar-refractivity contribution in [2.45, 2.75) is 26.7 Å². The first-order valence-corrected chi connectivity index (χ1v) is 13.7. The molecule has 1 aromatic heterocycles. The number of aromatic nitrogens is 2. The van der Waals surface area contributed by atoms with Crippen LogP contribution in [-0.4, -0.2) is 35.0 Å². The van der Waals surface area contributed by atoms with Crippen molar-refractivity contribution in [2.75, 3.05) is 18.5 Å². The summed E-state index contributed by atoms with van der Waals surface area (Å²) in [6.45, 7) is 5.67. The molecule has 0 bridgehead atoms. The van der Waals surface area contributed by atoms with Gasteiger partial charge in [0.25, 0.3) is 11.5 Å². The van der Waals surface area contributed by atoms with Crippen LogP contribution in [0.3, 0.4) is 0 Å². The molecule has 0 atom stereocenters. The molecule has 1 amide bonds. The molecule has 39 heavy (non-hydrogen) atoms. The lowest BCUT2D eigenvalue weighted by Crippen LogP contribution is -2.23. The maximum atomic E-state index is 13.8. The molecule has 0 unspecified atom stereocenters. The fourth-order valence-electron chi connectivity index (χ4n) is 3.73. The van der Waals surface area contributed by atoms with Gasteiger partial charge < -0.3 is 14.8 Å². The summed E-state index contributed by atoms with van der Waals surface area (Å²) in [4.78, 5) is 30.3. The average molecular weight is 660 g/mol. The van der Waals surface area contributed by atoms with Gasteiger partial charge in [0, 0.05) is 10.4 Å². The van der Waals surface area contributed by atoms with Crippen LogP contribution in [0, 0.1) is 5.82 Å². The van der Waals surface area contributed by atoms with E-state index in [2.05, 4.69) is 47.3 Å². The van der Waals surface area contributed by atoms with Crippen molar-refractivity contribution in [1.82, 2.24) is 9.66 Å². The summed E-state index contributed by atoms with van der Waals surface area (Å²) < 4.78 is 27.9. The number of fused-ring (bicyclic) bond motifs is 1. The van der Waals surface area contributed by atoms with Crippen molar-refractivity contribution in [3.63, 3.8) is 0 Å². The number of amides is 1. The number of nitrogens with one attached hydrogen (secondary N) is 1. The van der Waals surface area contributed by atoms with E-state index in [1.807, 2.05) is 26.8 Å². The zero-order valence-corrected chi connectivity index (χ0v) is 24.5. The zero-order chi connectivity index (χ0) is 28.1. The number of rotatable bonds is 9. The maximum absolute atomic E-state index is 13.8. The van der Waals surface area contributed by atoms with Crippen LogP contribution in [0.1, 0.15) is 38.1 Å². The summed E-state index contributed by atoms with van der Waals surface area (Å²) in [6, 6.07) is 14.6. The van der Waals surface area contributed by atoms with Crippen LogP contribution in [0.25, 0.3) is 10.9 Å². The van der Waals surface area contributed by atoms with Crippen LogP contribution in [0.2, 0.25) is 0 Å². The van der Waals surface area contributed by atoms with Gasteiger partial charge in [0.15, 0.2) is 18.1 Å². The Morgan fingerprint density at radius 1 is 1.15 bits per heavy atom. The Bertz CT molecular complexity index is 1620. The molecule has 1 heterocycles. The molecule has 0 radical (unpaired) electrons. The van der Waals surface area contributed by atoms with Crippen molar-refractivity contribution in [3.8, 4) is 11.5 Å². The molecular weight excluding hydrogens is 635 g/mol. The van der Waals surface area contributed by atoms with Gasteiger partial charge >= 0.3 is 0 Å². The van der Waals surface area contributed by atoms with Gasteiger partial charge in [0.1, 0.15) is 11.6 Å². The highest BCUT2D eigenvalue weighted by Crippen LogP contribution is 2.36. The van der Waals surface area contributed by atoms with Gasteiger partial charge in [0.05, 0.1) is 33.9 Å². The van der Waals surface area contributed by atoms with Gasteiger partial charge in [-0.2, -0.15) is 9.78 Å². The zero-order valence-electron chi connectivity index (χ0n) is 21.4. The molecule has 1 N–H and O–H groups in total. The smallest absolute Gasteiger partial charge is 0.282 e. The molecule has 11 heteroatoms. The van der Waals surface area contributed by atoms with Crippen LogP contribution in [0.5, 0.6) is 11.5 Å². The Balaban J connectivity index is 1.62. The van der Waals surface area contributed by atoms with Gasteiger partial charge in [-0.3, -0.25) is 9.59 Å². The van der Waals surface area contributed by atoms with Crippen molar-refractivity contribution in [1.29, 1.82) is 0 Å². The van der Waals surface area contributed by atoms with Crippen LogP contribution < -0.4 is 20.3 Å². The molecule has 0 fully saturated rings. The second-order valence-corrected chi connectivity index (χ2v) is 10.5. The highest BCUT2D eigenvalue weighted by Gasteiger charge is 2.16. The van der Waals surface area contributed by atoms with E-state index in [4.69, 9.17) is 9.47 Å². The maximum Gasteiger partial charge on any atom is 0.282 e. The molecule has 0 spiro atoms. The first kappa shape index (κ1) is 28.4. The lowest BCUT2D eigenvalue weighted by atomic mass is 10.2. The lowest BCUT2D eigenvalue weighted by molar-refractivity contribution is -0.118. The summed E-state index contributed by atoms with van der Waals surface area (Å²) >= 11 is 6.88. The SMILES string of the molecule is CCOc1cc(C=Nn2c(C(C)C)nc3ccc(Br)cc3c2=O)cc(Br)c1OCC(=O)Nc1ccccc1F. The molecule has 0 saturated heterocycles. The third-order valence-corrected chi connectivity index (χ3v) is 6.58. The van der Waals surface area contributed by atoms with Crippen LogP contribution in [-0.2, 0) is 4.79 Å². The number of benzene rings is 3. The van der Waals surface area contributed by atoms with Gasteiger partial charge in [-0.1, -0.05) is 41.9 Å². The topological polar surface area (TPSA) is 94.8 Å². The van der Waals surface area contributed by atoms with Crippen LogP contribution >= 0.6 is 31.9 Å². The van der Waals surface area contributed by atoms with E-state index in [9.17, 15) is 14.0 Å². The molecule has 0 saturated carbocycles. The van der Waals surface area contributed by atoms with E-state index in [-0.39, 0.29) is 23.8 Å². The number of nitrogens with zero attached hydrogens (tertiary/aromatic N) is 3. The molecular formula is C28H25Br2FN4O4. The number of hydrogen-bond donors (Lipinski definition) is 1. The number of carbonyl (C=O) groups is 1. The van der Waals surface area contributed by atoms with Crippen LogP contribution in [0.15, 0.2) is 73.4 Å². The predicted molar refractivity (Wildman–Crippen MR) is 157 cm³/mol. The minimum Gasteiger partial charge on any atom is -0.490 e. The molecule has 202 valence electrons. The Labute approximate surface area is 241 Å². The Hall–Kier alpha value is -3.57. The summed E-state index contributed by atoms with van der Waals surface area (Å²) in [7, 11) is 0. The standard InChI is InChI=1S/C28H25Br2FN4O4/c1-4-38-24-12-17(11-20(30)26(24)39-15-25(36)33-23-8-6-5-7-21(23)31)14-32-35-27(16(2)3)34-22-10-9-18(29)13-19(22)28(35)37/h5-14,16H,4,15H2,1-3H3,(H,33,36). The molecule has 3 aromatic carbocycles. The molecule has 8 nitrogen and oxygen atoms in total. The number of carbonyl (C=O) groups excluding carboxylic acids is 1. The number of anilines is 1.